The number of methoxy groups -OCH3 is 2. The van der Waals surface area contributed by atoms with Crippen LogP contribution in [0.2, 0.25) is 10.0 Å². The summed E-state index contributed by atoms with van der Waals surface area (Å²) in [5.41, 5.74) is 0.361. The number of sulfonamides is 1. The lowest BCUT2D eigenvalue weighted by molar-refractivity contribution is 0.0598. The number of furan rings is 1. The van der Waals surface area contributed by atoms with Crippen molar-refractivity contribution in [1.82, 2.24) is 0 Å². The lowest BCUT2D eigenvalue weighted by Gasteiger charge is -2.25. The van der Waals surface area contributed by atoms with E-state index in [4.69, 9.17) is 37.1 Å². The number of hydrogen-bond acceptors (Lipinski definition) is 6. The van der Waals surface area contributed by atoms with Gasteiger partial charge in [-0.2, -0.15) is 0 Å². The molecule has 3 rings (SSSR count). The van der Waals surface area contributed by atoms with E-state index in [1.54, 1.807) is 24.3 Å². The molecular formula is C20H17Cl2NO6S. The fourth-order valence-corrected chi connectivity index (χ4v) is 4.61. The normalized spacial score (nSPS) is 11.2. The molecule has 0 saturated heterocycles. The Kier molecular flexibility index (Phi) is 6.60. The van der Waals surface area contributed by atoms with E-state index in [0.29, 0.717) is 5.75 Å². The van der Waals surface area contributed by atoms with Crippen LogP contribution in [0.4, 0.5) is 5.69 Å². The van der Waals surface area contributed by atoms with E-state index in [9.17, 15) is 13.2 Å². The molecule has 3 aromatic rings. The van der Waals surface area contributed by atoms with E-state index in [1.807, 2.05) is 0 Å². The Balaban J connectivity index is 2.16. The number of hydrogen-bond donors (Lipinski definition) is 0. The Bertz CT molecular complexity index is 1180. The van der Waals surface area contributed by atoms with Gasteiger partial charge in [-0.25, -0.2) is 13.2 Å². The number of nitrogens with zero attached hydrogens (tertiary/aromatic N) is 1. The minimum atomic E-state index is -4.15. The third kappa shape index (κ3) is 4.26. The summed E-state index contributed by atoms with van der Waals surface area (Å²) in [6.45, 7) is -0.291. The highest BCUT2D eigenvalue weighted by molar-refractivity contribution is 7.92. The average molecular weight is 470 g/mol. The highest BCUT2D eigenvalue weighted by atomic mass is 35.5. The zero-order chi connectivity index (χ0) is 21.9. The summed E-state index contributed by atoms with van der Waals surface area (Å²) in [6, 6.07) is 12.0. The molecule has 0 aliphatic rings. The zero-order valence-corrected chi connectivity index (χ0v) is 18.3. The van der Waals surface area contributed by atoms with E-state index >= 15 is 0 Å². The number of anilines is 1. The van der Waals surface area contributed by atoms with Crippen molar-refractivity contribution >= 4 is 44.9 Å². The first-order chi connectivity index (χ1) is 14.3. The molecule has 7 nitrogen and oxygen atoms in total. The molecule has 30 heavy (non-hydrogen) atoms. The third-order valence-corrected chi connectivity index (χ3v) is 6.77. The smallest absolute Gasteiger partial charge is 0.341 e. The van der Waals surface area contributed by atoms with Crippen LogP contribution < -0.4 is 9.04 Å². The second-order valence-electron chi connectivity index (χ2n) is 6.01. The number of carbonyl (C=O) groups is 1. The van der Waals surface area contributed by atoms with Gasteiger partial charge in [-0.15, -0.1) is 0 Å². The number of carbonyl (C=O) groups excluding carboxylic acids is 1. The molecule has 1 heterocycles. The van der Waals surface area contributed by atoms with E-state index in [-0.39, 0.29) is 38.5 Å². The molecule has 158 valence electrons. The first-order valence-corrected chi connectivity index (χ1v) is 10.7. The molecular weight excluding hydrogens is 453 g/mol. The van der Waals surface area contributed by atoms with Crippen LogP contribution in [0.5, 0.6) is 5.75 Å². The lowest BCUT2D eigenvalue weighted by Crippen LogP contribution is -2.31. The number of halogens is 2. The van der Waals surface area contributed by atoms with Gasteiger partial charge in [-0.1, -0.05) is 35.3 Å². The summed E-state index contributed by atoms with van der Waals surface area (Å²) in [4.78, 5) is 11.9. The summed E-state index contributed by atoms with van der Waals surface area (Å²) in [5.74, 6) is -0.227. The molecule has 0 fully saturated rings. The minimum Gasteiger partial charge on any atom is -0.495 e. The number of esters is 1. The van der Waals surface area contributed by atoms with E-state index in [2.05, 4.69) is 0 Å². The van der Waals surface area contributed by atoms with Gasteiger partial charge in [-0.3, -0.25) is 4.31 Å². The van der Waals surface area contributed by atoms with Crippen LogP contribution in [0, 0.1) is 0 Å². The Morgan fingerprint density at radius 3 is 2.47 bits per heavy atom. The first kappa shape index (κ1) is 22.0. The molecule has 0 saturated carbocycles. The fraction of sp³-hybridized carbons (Fsp3) is 0.150. The first-order valence-electron chi connectivity index (χ1n) is 8.55. The van der Waals surface area contributed by atoms with Crippen LogP contribution in [0.3, 0.4) is 0 Å². The fourth-order valence-electron chi connectivity index (χ4n) is 2.79. The zero-order valence-electron chi connectivity index (χ0n) is 16.0. The van der Waals surface area contributed by atoms with Crippen molar-refractivity contribution < 1.29 is 27.1 Å². The number of para-hydroxylation sites is 2. The predicted octanol–water partition coefficient (Wildman–Crippen LogP) is 4.78. The van der Waals surface area contributed by atoms with Crippen molar-refractivity contribution in [2.24, 2.45) is 0 Å². The molecule has 2 aromatic carbocycles. The van der Waals surface area contributed by atoms with Crippen LogP contribution in [-0.2, 0) is 21.3 Å². The summed E-state index contributed by atoms with van der Waals surface area (Å²) >= 11 is 12.0. The highest BCUT2D eigenvalue weighted by Gasteiger charge is 2.30. The summed E-state index contributed by atoms with van der Waals surface area (Å²) in [5, 5.41) is 0.310. The topological polar surface area (TPSA) is 86.0 Å². The van der Waals surface area contributed by atoms with Crippen molar-refractivity contribution in [3.8, 4) is 5.75 Å². The van der Waals surface area contributed by atoms with Crippen LogP contribution in [0.1, 0.15) is 16.1 Å². The molecule has 0 amide bonds. The quantitative estimate of drug-likeness (QED) is 0.462. The Labute approximate surface area is 183 Å². The molecule has 0 radical (unpaired) electrons. The maximum Gasteiger partial charge on any atom is 0.341 e. The van der Waals surface area contributed by atoms with Gasteiger partial charge in [-0.05, 0) is 36.4 Å². The largest absolute Gasteiger partial charge is 0.495 e. The van der Waals surface area contributed by atoms with E-state index < -0.39 is 16.0 Å². The van der Waals surface area contributed by atoms with Crippen molar-refractivity contribution in [3.63, 3.8) is 0 Å². The average Bonchev–Trinajstić information content (AvgIpc) is 3.21. The molecule has 10 heteroatoms. The number of ether oxygens (including phenoxy) is 2. The number of benzene rings is 2. The molecule has 0 atom stereocenters. The second kappa shape index (κ2) is 8.99. The Morgan fingerprint density at radius 1 is 1.07 bits per heavy atom. The second-order valence-corrected chi connectivity index (χ2v) is 8.69. The van der Waals surface area contributed by atoms with Gasteiger partial charge < -0.3 is 13.9 Å². The van der Waals surface area contributed by atoms with Crippen molar-refractivity contribution in [3.05, 3.63) is 76.2 Å². The van der Waals surface area contributed by atoms with Crippen LogP contribution in [0.15, 0.2) is 64.1 Å². The van der Waals surface area contributed by atoms with Gasteiger partial charge >= 0.3 is 5.97 Å². The van der Waals surface area contributed by atoms with E-state index in [0.717, 1.165) is 4.31 Å². The minimum absolute atomic E-state index is 0.0889. The lowest BCUT2D eigenvalue weighted by atomic mass is 10.2. The van der Waals surface area contributed by atoms with Gasteiger partial charge in [0.15, 0.2) is 0 Å². The van der Waals surface area contributed by atoms with Gasteiger partial charge in [0.25, 0.3) is 10.0 Å². The molecule has 0 aliphatic heterocycles. The van der Waals surface area contributed by atoms with E-state index in [1.165, 1.54) is 44.7 Å². The molecule has 0 N–H and O–H groups in total. The van der Waals surface area contributed by atoms with Gasteiger partial charge in [0.05, 0.1) is 47.7 Å². The van der Waals surface area contributed by atoms with Crippen molar-refractivity contribution in [2.45, 2.75) is 11.4 Å². The maximum absolute atomic E-state index is 13.6. The maximum atomic E-state index is 13.6. The molecule has 0 unspecified atom stereocenters. The predicted molar refractivity (Wildman–Crippen MR) is 113 cm³/mol. The van der Waals surface area contributed by atoms with Gasteiger partial charge in [0, 0.05) is 0 Å². The summed E-state index contributed by atoms with van der Waals surface area (Å²) in [6.07, 6.45) is 1.29. The highest BCUT2D eigenvalue weighted by Crippen LogP contribution is 2.35. The summed E-state index contributed by atoms with van der Waals surface area (Å²) in [7, 11) is -1.50. The standard InChI is InChI=1S/C20H17Cl2NO6S/c1-27-18-6-4-3-5-17(18)23(12-19-14(9-10-29-19)20(24)28-2)30(25,26)13-7-8-15(21)16(22)11-13/h3-11H,12H2,1-2H3. The monoisotopic (exact) mass is 469 g/mol. The van der Waals surface area contributed by atoms with Gasteiger partial charge in [0.2, 0.25) is 0 Å². The summed E-state index contributed by atoms with van der Waals surface area (Å²) < 4.78 is 43.6. The number of rotatable bonds is 7. The molecule has 0 spiro atoms. The van der Waals surface area contributed by atoms with Crippen LogP contribution >= 0.6 is 23.2 Å². The molecule has 0 aliphatic carbocycles. The Morgan fingerprint density at radius 2 is 1.80 bits per heavy atom. The van der Waals surface area contributed by atoms with Gasteiger partial charge in [0.1, 0.15) is 17.1 Å². The van der Waals surface area contributed by atoms with Crippen LogP contribution in [0.25, 0.3) is 0 Å². The third-order valence-electron chi connectivity index (χ3n) is 4.27. The molecule has 1 aromatic heterocycles. The van der Waals surface area contributed by atoms with Crippen molar-refractivity contribution in [1.29, 1.82) is 0 Å². The van der Waals surface area contributed by atoms with Crippen molar-refractivity contribution in [2.75, 3.05) is 18.5 Å². The molecule has 0 bridgehead atoms. The SMILES string of the molecule is COC(=O)c1ccoc1CN(c1ccccc1OC)S(=O)(=O)c1ccc(Cl)c(Cl)c1. The van der Waals surface area contributed by atoms with Crippen LogP contribution in [-0.4, -0.2) is 28.6 Å². The Hall–Kier alpha value is -2.68.